The molecule has 2 aliphatic rings. The summed E-state index contributed by atoms with van der Waals surface area (Å²) in [4.78, 5) is 44.3. The third-order valence-corrected chi connectivity index (χ3v) is 5.28. The van der Waals surface area contributed by atoms with Gasteiger partial charge < -0.3 is 24.8 Å². The molecule has 2 rings (SSSR count). The predicted molar refractivity (Wildman–Crippen MR) is 96.4 cm³/mol. The monoisotopic (exact) mass is 402 g/mol. The minimum atomic E-state index is -1.09. The highest BCUT2D eigenvalue weighted by atomic mass is 16.5. The molecule has 0 amide bonds. The number of carbonyl (C=O) groups excluding carboxylic acids is 4. The maximum absolute atomic E-state index is 11.4. The van der Waals surface area contributed by atoms with Gasteiger partial charge in [0.05, 0.1) is 37.4 Å². The first-order valence-electron chi connectivity index (χ1n) is 9.27. The summed E-state index contributed by atoms with van der Waals surface area (Å²) in [5.41, 5.74) is 0. The fourth-order valence-corrected chi connectivity index (χ4v) is 3.34. The summed E-state index contributed by atoms with van der Waals surface area (Å²) in [7, 11) is 0. The van der Waals surface area contributed by atoms with E-state index in [-0.39, 0.29) is 25.2 Å². The minimum Gasteiger partial charge on any atom is -0.390 e. The van der Waals surface area contributed by atoms with Crippen LogP contribution in [0.15, 0.2) is 0 Å². The standard InChI is InChI=1S/C10H16O4.C9H14O5/c1-5-8(12)4-14-10(5)6(2)9(13)7(3)11;1-4(7(12)5(2)10)9-8(13)6(11)3-14-9/h5-6,8,10,12H,4H2,1-3H3;4,6,8-9,11,13H,3H2,1-2H3/t5-,6?,8+,10?;4?,6-,8+,9?/m01/s1. The number of hydrogen-bond donors (Lipinski definition) is 3. The van der Waals surface area contributed by atoms with Gasteiger partial charge in [0.2, 0.25) is 11.6 Å². The zero-order valence-corrected chi connectivity index (χ0v) is 16.8. The Kier molecular flexibility index (Phi) is 9.03. The highest BCUT2D eigenvalue weighted by Crippen LogP contribution is 2.27. The zero-order valence-electron chi connectivity index (χ0n) is 16.8. The van der Waals surface area contributed by atoms with Gasteiger partial charge >= 0.3 is 0 Å². The Hall–Kier alpha value is -1.52. The Bertz CT molecular complexity index is 550. The molecule has 0 radical (unpaired) electrons. The molecule has 4 unspecified atom stereocenters. The summed E-state index contributed by atoms with van der Waals surface area (Å²) in [6.45, 7) is 7.69. The molecule has 2 aliphatic heterocycles. The van der Waals surface area contributed by atoms with E-state index in [4.69, 9.17) is 14.6 Å². The van der Waals surface area contributed by atoms with Gasteiger partial charge in [-0.15, -0.1) is 0 Å². The van der Waals surface area contributed by atoms with Gasteiger partial charge in [-0.2, -0.15) is 0 Å². The van der Waals surface area contributed by atoms with Crippen LogP contribution in [0.2, 0.25) is 0 Å². The Balaban J connectivity index is 0.000000280. The zero-order chi connectivity index (χ0) is 21.8. The Morgan fingerprint density at radius 2 is 1.18 bits per heavy atom. The molecule has 2 saturated heterocycles. The molecule has 9 nitrogen and oxygen atoms in total. The van der Waals surface area contributed by atoms with Crippen molar-refractivity contribution in [2.45, 2.75) is 65.1 Å². The molecule has 0 aliphatic carbocycles. The Labute approximate surface area is 164 Å². The summed E-state index contributed by atoms with van der Waals surface area (Å²) in [6.07, 6.45) is -3.69. The van der Waals surface area contributed by atoms with Crippen molar-refractivity contribution in [3.05, 3.63) is 0 Å². The van der Waals surface area contributed by atoms with Gasteiger partial charge in [-0.1, -0.05) is 20.8 Å². The van der Waals surface area contributed by atoms with Crippen LogP contribution in [-0.2, 0) is 28.7 Å². The fourth-order valence-electron chi connectivity index (χ4n) is 3.34. The van der Waals surface area contributed by atoms with Gasteiger partial charge in [-0.05, 0) is 0 Å². The summed E-state index contributed by atoms with van der Waals surface area (Å²) >= 11 is 0. The molecule has 160 valence electrons. The molecule has 0 spiro atoms. The second-order valence-electron chi connectivity index (χ2n) is 7.50. The van der Waals surface area contributed by atoms with Crippen molar-refractivity contribution in [1.29, 1.82) is 0 Å². The van der Waals surface area contributed by atoms with Crippen molar-refractivity contribution < 1.29 is 44.0 Å². The maximum atomic E-state index is 11.4. The molecule has 0 aromatic rings. The number of rotatable bonds is 6. The number of hydrogen-bond acceptors (Lipinski definition) is 9. The Morgan fingerprint density at radius 1 is 0.786 bits per heavy atom. The summed E-state index contributed by atoms with van der Waals surface area (Å²) in [6, 6.07) is 0. The fraction of sp³-hybridized carbons (Fsp3) is 0.789. The second-order valence-corrected chi connectivity index (χ2v) is 7.50. The van der Waals surface area contributed by atoms with Crippen LogP contribution in [0.1, 0.15) is 34.6 Å². The van der Waals surface area contributed by atoms with Crippen molar-refractivity contribution in [1.82, 2.24) is 0 Å². The third-order valence-electron chi connectivity index (χ3n) is 5.28. The molecular formula is C19H30O9. The maximum Gasteiger partial charge on any atom is 0.203 e. The van der Waals surface area contributed by atoms with Crippen LogP contribution in [0.25, 0.3) is 0 Å². The molecule has 0 aromatic heterocycles. The van der Waals surface area contributed by atoms with Crippen molar-refractivity contribution in [2.24, 2.45) is 17.8 Å². The number of Topliss-reactive ketones (excluding diaryl/α,β-unsaturated/α-hetero) is 4. The Morgan fingerprint density at radius 3 is 1.50 bits per heavy atom. The van der Waals surface area contributed by atoms with E-state index >= 15 is 0 Å². The van der Waals surface area contributed by atoms with E-state index in [0.29, 0.717) is 0 Å². The molecule has 8 atom stereocenters. The average Bonchev–Trinajstić information content (AvgIpc) is 3.15. The van der Waals surface area contributed by atoms with Crippen molar-refractivity contribution in [2.75, 3.05) is 13.2 Å². The lowest BCUT2D eigenvalue weighted by molar-refractivity contribution is -0.141. The molecule has 0 bridgehead atoms. The van der Waals surface area contributed by atoms with E-state index in [0.717, 1.165) is 0 Å². The van der Waals surface area contributed by atoms with Crippen molar-refractivity contribution >= 4 is 23.1 Å². The average molecular weight is 402 g/mol. The molecule has 2 heterocycles. The molecule has 0 aromatic carbocycles. The highest BCUT2D eigenvalue weighted by molar-refractivity contribution is 6.37. The molecule has 9 heteroatoms. The number of aliphatic hydroxyl groups is 3. The SMILES string of the molecule is CC(=O)C(=O)C(C)C1OC[C@@H](O)[C@@H]1C.CC(=O)C(=O)C(C)C1OC[C@@H](O)[C@@H]1O. The molecule has 0 saturated carbocycles. The molecule has 28 heavy (non-hydrogen) atoms. The largest absolute Gasteiger partial charge is 0.390 e. The quantitative estimate of drug-likeness (QED) is 0.480. The topological polar surface area (TPSA) is 147 Å². The lowest BCUT2D eigenvalue weighted by Crippen LogP contribution is -2.39. The number of ketones is 4. The molecular weight excluding hydrogens is 372 g/mol. The normalized spacial score (nSPS) is 34.1. The van der Waals surface area contributed by atoms with Gasteiger partial charge in [0.25, 0.3) is 0 Å². The lowest BCUT2D eigenvalue weighted by Gasteiger charge is -2.20. The summed E-state index contributed by atoms with van der Waals surface area (Å²) in [5, 5.41) is 28.0. The number of carbonyl (C=O) groups is 4. The van der Waals surface area contributed by atoms with Crippen LogP contribution in [0.5, 0.6) is 0 Å². The minimum absolute atomic E-state index is 0.00135. The summed E-state index contributed by atoms with van der Waals surface area (Å²) < 4.78 is 10.3. The smallest absolute Gasteiger partial charge is 0.203 e. The van der Waals surface area contributed by atoms with Gasteiger partial charge in [0.15, 0.2) is 11.6 Å². The van der Waals surface area contributed by atoms with Crippen molar-refractivity contribution in [3.8, 4) is 0 Å². The highest BCUT2D eigenvalue weighted by Gasteiger charge is 2.41. The van der Waals surface area contributed by atoms with Crippen LogP contribution < -0.4 is 0 Å². The van der Waals surface area contributed by atoms with Crippen LogP contribution in [-0.4, -0.2) is 82.2 Å². The van der Waals surface area contributed by atoms with E-state index < -0.39 is 59.4 Å². The van der Waals surface area contributed by atoms with Crippen LogP contribution in [0, 0.1) is 17.8 Å². The van der Waals surface area contributed by atoms with Gasteiger partial charge in [-0.3, -0.25) is 19.2 Å². The third kappa shape index (κ3) is 5.74. The second kappa shape index (κ2) is 10.3. The van der Waals surface area contributed by atoms with E-state index in [2.05, 4.69) is 0 Å². The summed E-state index contributed by atoms with van der Waals surface area (Å²) in [5.74, 6) is -3.27. The van der Waals surface area contributed by atoms with E-state index in [9.17, 15) is 29.4 Å². The van der Waals surface area contributed by atoms with Crippen LogP contribution >= 0.6 is 0 Å². The van der Waals surface area contributed by atoms with Gasteiger partial charge in [0, 0.05) is 25.7 Å². The predicted octanol–water partition coefficient (Wildman–Crippen LogP) is -0.922. The van der Waals surface area contributed by atoms with Crippen molar-refractivity contribution in [3.63, 3.8) is 0 Å². The molecule has 2 fully saturated rings. The first-order valence-corrected chi connectivity index (χ1v) is 9.27. The first kappa shape index (κ1) is 24.5. The van der Waals surface area contributed by atoms with E-state index in [1.807, 2.05) is 6.92 Å². The number of aliphatic hydroxyl groups excluding tert-OH is 3. The van der Waals surface area contributed by atoms with E-state index in [1.165, 1.54) is 20.8 Å². The lowest BCUT2D eigenvalue weighted by atomic mass is 9.88. The van der Waals surface area contributed by atoms with E-state index in [1.54, 1.807) is 6.92 Å². The van der Waals surface area contributed by atoms with Gasteiger partial charge in [-0.25, -0.2) is 0 Å². The van der Waals surface area contributed by atoms with Crippen LogP contribution in [0.4, 0.5) is 0 Å². The first-order chi connectivity index (χ1) is 12.9. The number of ether oxygens (including phenoxy) is 2. The van der Waals surface area contributed by atoms with Crippen LogP contribution in [0.3, 0.4) is 0 Å². The van der Waals surface area contributed by atoms with Gasteiger partial charge in [0.1, 0.15) is 12.2 Å². The molecule has 3 N–H and O–H groups in total.